The van der Waals surface area contributed by atoms with Crippen LogP contribution in [0.2, 0.25) is 0 Å². The molecule has 4 heteroatoms. The van der Waals surface area contributed by atoms with Crippen LogP contribution in [0.1, 0.15) is 41.5 Å². The predicted octanol–water partition coefficient (Wildman–Crippen LogP) is 3.01. The van der Waals surface area contributed by atoms with Crippen molar-refractivity contribution in [3.63, 3.8) is 0 Å². The Hall–Kier alpha value is -2.46. The van der Waals surface area contributed by atoms with Gasteiger partial charge in [-0.05, 0) is 32.9 Å². The molecule has 0 heterocycles. The van der Waals surface area contributed by atoms with Crippen LogP contribution in [0.5, 0.6) is 0 Å². The molecule has 0 spiro atoms. The van der Waals surface area contributed by atoms with Crippen molar-refractivity contribution in [2.75, 3.05) is 0 Å². The molecule has 0 aliphatic heterocycles. The van der Waals surface area contributed by atoms with Crippen molar-refractivity contribution in [3.05, 3.63) is 71.8 Å². The third kappa shape index (κ3) is 5.04. The number of ketones is 1. The first-order valence-corrected chi connectivity index (χ1v) is 7.60. The van der Waals surface area contributed by atoms with Gasteiger partial charge in [0.1, 0.15) is 6.17 Å². The van der Waals surface area contributed by atoms with Gasteiger partial charge in [-0.2, -0.15) is 0 Å². The molecular formula is C19H22N2O2. The molecule has 1 amide bonds. The van der Waals surface area contributed by atoms with Crippen molar-refractivity contribution in [3.8, 4) is 0 Å². The molecule has 2 N–H and O–H groups in total. The molecule has 0 saturated carbocycles. The zero-order chi connectivity index (χ0) is 16.9. The quantitative estimate of drug-likeness (QED) is 0.659. The number of hydrogen-bond acceptors (Lipinski definition) is 3. The van der Waals surface area contributed by atoms with E-state index in [0.717, 1.165) is 0 Å². The van der Waals surface area contributed by atoms with Crippen LogP contribution in [0.3, 0.4) is 0 Å². The van der Waals surface area contributed by atoms with Crippen molar-refractivity contribution in [2.45, 2.75) is 32.5 Å². The Morgan fingerprint density at radius 3 is 1.78 bits per heavy atom. The highest BCUT2D eigenvalue weighted by Crippen LogP contribution is 2.08. The summed E-state index contributed by atoms with van der Waals surface area (Å²) in [7, 11) is 0. The third-order valence-corrected chi connectivity index (χ3v) is 3.21. The Morgan fingerprint density at radius 2 is 1.30 bits per heavy atom. The molecule has 0 radical (unpaired) electrons. The van der Waals surface area contributed by atoms with Gasteiger partial charge in [-0.15, -0.1) is 0 Å². The Balaban J connectivity index is 2.21. The smallest absolute Gasteiger partial charge is 0.252 e. The molecule has 1 atom stereocenters. The third-order valence-electron chi connectivity index (χ3n) is 3.21. The molecule has 2 aromatic rings. The molecule has 0 aromatic heterocycles. The van der Waals surface area contributed by atoms with Gasteiger partial charge in [-0.25, -0.2) is 0 Å². The van der Waals surface area contributed by atoms with E-state index < -0.39 is 6.17 Å². The van der Waals surface area contributed by atoms with Gasteiger partial charge in [-0.1, -0.05) is 48.5 Å². The molecule has 0 aliphatic carbocycles. The fourth-order valence-electron chi connectivity index (χ4n) is 2.17. The van der Waals surface area contributed by atoms with Gasteiger partial charge in [0, 0.05) is 16.7 Å². The van der Waals surface area contributed by atoms with E-state index in [0.29, 0.717) is 11.1 Å². The second-order valence-electron chi connectivity index (χ2n) is 6.40. The molecular weight excluding hydrogens is 288 g/mol. The molecule has 0 saturated heterocycles. The van der Waals surface area contributed by atoms with Crippen molar-refractivity contribution in [1.82, 2.24) is 10.6 Å². The molecule has 0 aliphatic rings. The topological polar surface area (TPSA) is 58.2 Å². The maximum Gasteiger partial charge on any atom is 0.252 e. The van der Waals surface area contributed by atoms with E-state index in [9.17, 15) is 9.59 Å². The van der Waals surface area contributed by atoms with E-state index in [1.54, 1.807) is 48.5 Å². The van der Waals surface area contributed by atoms with Gasteiger partial charge in [0.25, 0.3) is 5.91 Å². The average molecular weight is 310 g/mol. The maximum atomic E-state index is 12.7. The number of hydrogen-bond donors (Lipinski definition) is 2. The first-order chi connectivity index (χ1) is 10.9. The van der Waals surface area contributed by atoms with Gasteiger partial charge in [0.15, 0.2) is 5.78 Å². The lowest BCUT2D eigenvalue weighted by molar-refractivity contribution is 0.0819. The number of amides is 1. The molecule has 4 nitrogen and oxygen atoms in total. The van der Waals surface area contributed by atoms with Crippen LogP contribution in [-0.4, -0.2) is 23.4 Å². The van der Waals surface area contributed by atoms with Gasteiger partial charge in [0.05, 0.1) is 0 Å². The van der Waals surface area contributed by atoms with Crippen LogP contribution >= 0.6 is 0 Å². The van der Waals surface area contributed by atoms with Gasteiger partial charge >= 0.3 is 0 Å². The predicted molar refractivity (Wildman–Crippen MR) is 91.4 cm³/mol. The van der Waals surface area contributed by atoms with Crippen LogP contribution in [0, 0.1) is 0 Å². The number of Topliss-reactive ketones (excluding diaryl/α,β-unsaturated/α-hetero) is 1. The van der Waals surface area contributed by atoms with E-state index in [1.807, 2.05) is 32.9 Å². The zero-order valence-corrected chi connectivity index (χ0v) is 13.7. The number of benzene rings is 2. The Morgan fingerprint density at radius 1 is 0.826 bits per heavy atom. The summed E-state index contributed by atoms with van der Waals surface area (Å²) in [6.07, 6.45) is -0.787. The highest BCUT2D eigenvalue weighted by Gasteiger charge is 2.26. The highest BCUT2D eigenvalue weighted by molar-refractivity contribution is 6.04. The van der Waals surface area contributed by atoms with Crippen LogP contribution in [-0.2, 0) is 0 Å². The highest BCUT2D eigenvalue weighted by atomic mass is 16.2. The summed E-state index contributed by atoms with van der Waals surface area (Å²) in [6, 6.07) is 17.8. The number of carbonyl (C=O) groups excluding carboxylic acids is 2. The second kappa shape index (κ2) is 7.20. The van der Waals surface area contributed by atoms with Crippen molar-refractivity contribution >= 4 is 11.7 Å². The monoisotopic (exact) mass is 310 g/mol. The molecule has 1 unspecified atom stereocenters. The minimum absolute atomic E-state index is 0.162. The maximum absolute atomic E-state index is 12.7. The molecule has 120 valence electrons. The summed E-state index contributed by atoms with van der Waals surface area (Å²) < 4.78 is 0. The van der Waals surface area contributed by atoms with Crippen molar-refractivity contribution < 1.29 is 9.59 Å². The summed E-state index contributed by atoms with van der Waals surface area (Å²) >= 11 is 0. The SMILES string of the molecule is CC(C)(C)NC(NC(=O)c1ccccc1)C(=O)c1ccccc1. The lowest BCUT2D eigenvalue weighted by atomic mass is 10.0. The Kier molecular flexibility index (Phi) is 5.29. The van der Waals surface area contributed by atoms with E-state index in [1.165, 1.54) is 0 Å². The minimum atomic E-state index is -0.787. The van der Waals surface area contributed by atoms with Crippen molar-refractivity contribution in [1.29, 1.82) is 0 Å². The van der Waals surface area contributed by atoms with E-state index in [2.05, 4.69) is 10.6 Å². The molecule has 0 fully saturated rings. The zero-order valence-electron chi connectivity index (χ0n) is 13.7. The minimum Gasteiger partial charge on any atom is -0.330 e. The van der Waals surface area contributed by atoms with Crippen molar-refractivity contribution in [2.24, 2.45) is 0 Å². The van der Waals surface area contributed by atoms with Gasteiger partial charge in [-0.3, -0.25) is 14.9 Å². The average Bonchev–Trinajstić information content (AvgIpc) is 2.54. The van der Waals surface area contributed by atoms with E-state index in [-0.39, 0.29) is 17.2 Å². The number of nitrogens with one attached hydrogen (secondary N) is 2. The van der Waals surface area contributed by atoms with E-state index >= 15 is 0 Å². The van der Waals surface area contributed by atoms with Gasteiger partial charge < -0.3 is 5.32 Å². The summed E-state index contributed by atoms with van der Waals surface area (Å²) in [5, 5.41) is 5.96. The standard InChI is InChI=1S/C19H22N2O2/c1-19(2,3)21-17(16(22)14-10-6-4-7-11-14)20-18(23)15-12-8-5-9-13-15/h4-13,17,21H,1-3H3,(H,20,23). The fourth-order valence-corrected chi connectivity index (χ4v) is 2.17. The summed E-state index contributed by atoms with van der Waals surface area (Å²) in [5.41, 5.74) is 0.760. The van der Waals surface area contributed by atoms with E-state index in [4.69, 9.17) is 0 Å². The Bertz CT molecular complexity index is 661. The summed E-state index contributed by atoms with van der Waals surface area (Å²) in [5.74, 6) is -0.443. The normalized spacial score (nSPS) is 12.5. The first kappa shape index (κ1) is 16.9. The summed E-state index contributed by atoms with van der Waals surface area (Å²) in [4.78, 5) is 25.1. The number of carbonyl (C=O) groups is 2. The van der Waals surface area contributed by atoms with Gasteiger partial charge in [0.2, 0.25) is 0 Å². The molecule has 23 heavy (non-hydrogen) atoms. The molecule has 0 bridgehead atoms. The van der Waals surface area contributed by atoms with Crippen LogP contribution in [0.25, 0.3) is 0 Å². The number of rotatable bonds is 5. The second-order valence-corrected chi connectivity index (χ2v) is 6.40. The first-order valence-electron chi connectivity index (χ1n) is 7.60. The summed E-state index contributed by atoms with van der Waals surface area (Å²) in [6.45, 7) is 5.85. The fraction of sp³-hybridized carbons (Fsp3) is 0.263. The molecule has 2 aromatic carbocycles. The van der Waals surface area contributed by atoms with Crippen LogP contribution in [0.15, 0.2) is 60.7 Å². The largest absolute Gasteiger partial charge is 0.330 e. The lowest BCUT2D eigenvalue weighted by Gasteiger charge is -2.28. The van der Waals surface area contributed by atoms with Crippen LogP contribution in [0.4, 0.5) is 0 Å². The lowest BCUT2D eigenvalue weighted by Crippen LogP contribution is -2.56. The Labute approximate surface area is 136 Å². The molecule has 2 rings (SSSR count). The van der Waals surface area contributed by atoms with Crippen LogP contribution < -0.4 is 10.6 Å².